The molecule has 146 valence electrons. The Labute approximate surface area is 162 Å². The zero-order chi connectivity index (χ0) is 19.9. The Morgan fingerprint density at radius 3 is 2.38 bits per heavy atom. The quantitative estimate of drug-likeness (QED) is 0.572. The predicted molar refractivity (Wildman–Crippen MR) is 108 cm³/mol. The van der Waals surface area contributed by atoms with Gasteiger partial charge in [-0.05, 0) is 29.9 Å². The summed E-state index contributed by atoms with van der Waals surface area (Å²) in [7, 11) is 0. The molecule has 0 radical (unpaired) electrons. The first kappa shape index (κ1) is 22.6. The van der Waals surface area contributed by atoms with Gasteiger partial charge in [0.25, 0.3) is 0 Å². The molecule has 6 heteroatoms. The summed E-state index contributed by atoms with van der Waals surface area (Å²) in [6, 6.07) is 5.28. The second-order valence-corrected chi connectivity index (χ2v) is 8.64. The topological polar surface area (TPSA) is 79.3 Å². The summed E-state index contributed by atoms with van der Waals surface area (Å²) in [6.07, 6.45) is 1.48. The lowest BCUT2D eigenvalue weighted by Gasteiger charge is -2.31. The molecule has 0 saturated heterocycles. The molecule has 2 N–H and O–H groups in total. The van der Waals surface area contributed by atoms with Crippen molar-refractivity contribution >= 4 is 30.1 Å². The number of pyridine rings is 1. The number of nitrogens with zero attached hydrogens (tertiary/aromatic N) is 1. The lowest BCUT2D eigenvalue weighted by atomic mass is 9.74. The third-order valence-corrected chi connectivity index (χ3v) is 4.85. The summed E-state index contributed by atoms with van der Waals surface area (Å²) >= 11 is 4.14. The van der Waals surface area contributed by atoms with Crippen molar-refractivity contribution in [3.8, 4) is 0 Å². The van der Waals surface area contributed by atoms with Gasteiger partial charge >= 0.3 is 0 Å². The molecule has 0 aliphatic heterocycles. The maximum atomic E-state index is 12.9. The summed E-state index contributed by atoms with van der Waals surface area (Å²) < 4.78 is 0. The number of aromatic nitrogens is 1. The van der Waals surface area contributed by atoms with Crippen LogP contribution in [0.3, 0.4) is 0 Å². The van der Waals surface area contributed by atoms with Crippen LogP contribution in [0.4, 0.5) is 5.82 Å². The molecule has 1 amide bonds. The number of nitrogens with one attached hydrogen (secondary N) is 1. The highest BCUT2D eigenvalue weighted by atomic mass is 32.1. The SMILES string of the molecule is CC(C)CC(C(=O)C[C@H](C(=O)Nc1ccccn1)C(C)(C)C)C(O)CS. The van der Waals surface area contributed by atoms with Crippen LogP contribution in [0.25, 0.3) is 0 Å². The summed E-state index contributed by atoms with van der Waals surface area (Å²) in [5.41, 5.74) is -0.400. The maximum Gasteiger partial charge on any atom is 0.229 e. The third kappa shape index (κ3) is 7.08. The molecule has 26 heavy (non-hydrogen) atoms. The van der Waals surface area contributed by atoms with E-state index in [1.54, 1.807) is 24.4 Å². The van der Waals surface area contributed by atoms with E-state index in [0.717, 1.165) is 0 Å². The van der Waals surface area contributed by atoms with E-state index in [4.69, 9.17) is 0 Å². The summed E-state index contributed by atoms with van der Waals surface area (Å²) in [6.45, 7) is 9.85. The van der Waals surface area contributed by atoms with E-state index in [-0.39, 0.29) is 29.8 Å². The van der Waals surface area contributed by atoms with Crippen LogP contribution in [0, 0.1) is 23.2 Å². The number of anilines is 1. The van der Waals surface area contributed by atoms with E-state index in [1.807, 2.05) is 34.6 Å². The fourth-order valence-corrected chi connectivity index (χ4v) is 3.19. The molecular formula is C20H32N2O3S. The summed E-state index contributed by atoms with van der Waals surface area (Å²) in [4.78, 5) is 29.8. The molecule has 0 saturated carbocycles. The van der Waals surface area contributed by atoms with Crippen LogP contribution in [-0.2, 0) is 9.59 Å². The molecule has 1 aromatic heterocycles. The van der Waals surface area contributed by atoms with Crippen LogP contribution in [0.1, 0.15) is 47.5 Å². The Morgan fingerprint density at radius 2 is 1.92 bits per heavy atom. The van der Waals surface area contributed by atoms with Gasteiger partial charge in [-0.1, -0.05) is 40.7 Å². The van der Waals surface area contributed by atoms with Crippen molar-refractivity contribution in [2.24, 2.45) is 23.2 Å². The van der Waals surface area contributed by atoms with Gasteiger partial charge < -0.3 is 10.4 Å². The van der Waals surface area contributed by atoms with E-state index in [0.29, 0.717) is 12.2 Å². The molecule has 1 rings (SSSR count). The highest BCUT2D eigenvalue weighted by molar-refractivity contribution is 7.80. The van der Waals surface area contributed by atoms with Gasteiger partial charge in [-0.2, -0.15) is 12.6 Å². The average Bonchev–Trinajstić information content (AvgIpc) is 2.56. The second kappa shape index (κ2) is 10.1. The summed E-state index contributed by atoms with van der Waals surface area (Å²) in [5.74, 6) is -0.366. The standard InChI is InChI=1S/C20H32N2O3S/c1-13(2)10-14(17(24)12-26)16(23)11-15(20(3,4)5)19(25)22-18-8-6-7-9-21-18/h6-9,13-15,17,24,26H,10-12H2,1-5H3,(H,21,22,25)/t14?,15-,17?/m1/s1. The molecule has 0 aliphatic rings. The fraction of sp³-hybridized carbons (Fsp3) is 0.650. The largest absolute Gasteiger partial charge is 0.392 e. The van der Waals surface area contributed by atoms with E-state index in [9.17, 15) is 14.7 Å². The molecule has 3 atom stereocenters. The van der Waals surface area contributed by atoms with Crippen molar-refractivity contribution in [2.75, 3.05) is 11.1 Å². The Balaban J connectivity index is 2.95. The van der Waals surface area contributed by atoms with E-state index < -0.39 is 23.4 Å². The van der Waals surface area contributed by atoms with Crippen LogP contribution < -0.4 is 5.32 Å². The number of aliphatic hydroxyl groups is 1. The third-order valence-electron chi connectivity index (χ3n) is 4.47. The van der Waals surface area contributed by atoms with Gasteiger partial charge in [-0.15, -0.1) is 0 Å². The predicted octanol–water partition coefficient (Wildman–Crippen LogP) is 3.59. The first-order valence-corrected chi connectivity index (χ1v) is 9.73. The molecule has 0 aromatic carbocycles. The van der Waals surface area contributed by atoms with Crippen molar-refractivity contribution < 1.29 is 14.7 Å². The first-order valence-electron chi connectivity index (χ1n) is 9.09. The van der Waals surface area contributed by atoms with Crippen LogP contribution >= 0.6 is 12.6 Å². The second-order valence-electron chi connectivity index (χ2n) is 8.28. The normalized spacial score (nSPS) is 15.4. The van der Waals surface area contributed by atoms with Crippen LogP contribution in [0.5, 0.6) is 0 Å². The molecule has 1 heterocycles. The van der Waals surface area contributed by atoms with Gasteiger partial charge in [0, 0.05) is 24.3 Å². The van der Waals surface area contributed by atoms with E-state index in [1.165, 1.54) is 0 Å². The number of rotatable bonds is 9. The van der Waals surface area contributed by atoms with Gasteiger partial charge in [0.05, 0.1) is 12.0 Å². The maximum absolute atomic E-state index is 12.9. The van der Waals surface area contributed by atoms with Gasteiger partial charge in [-0.25, -0.2) is 4.98 Å². The monoisotopic (exact) mass is 380 g/mol. The summed E-state index contributed by atoms with van der Waals surface area (Å²) in [5, 5.41) is 13.0. The zero-order valence-electron chi connectivity index (χ0n) is 16.4. The lowest BCUT2D eigenvalue weighted by Crippen LogP contribution is -2.39. The number of carbonyl (C=O) groups is 2. The van der Waals surface area contributed by atoms with Crippen molar-refractivity contribution in [3.63, 3.8) is 0 Å². The molecule has 0 bridgehead atoms. The number of hydrogen-bond donors (Lipinski definition) is 3. The molecular weight excluding hydrogens is 348 g/mol. The highest BCUT2D eigenvalue weighted by Gasteiger charge is 2.36. The number of ketones is 1. The zero-order valence-corrected chi connectivity index (χ0v) is 17.3. The van der Waals surface area contributed by atoms with Crippen molar-refractivity contribution in [3.05, 3.63) is 24.4 Å². The fourth-order valence-electron chi connectivity index (χ4n) is 2.93. The average molecular weight is 381 g/mol. The Hall–Kier alpha value is -1.40. The minimum absolute atomic E-state index is 0.0867. The number of hydrogen-bond acceptors (Lipinski definition) is 5. The van der Waals surface area contributed by atoms with Crippen LogP contribution in [-0.4, -0.2) is 33.6 Å². The molecule has 0 aliphatic carbocycles. The Kier molecular flexibility index (Phi) is 8.77. The first-order chi connectivity index (χ1) is 12.1. The van der Waals surface area contributed by atoms with E-state index in [2.05, 4.69) is 22.9 Å². The minimum atomic E-state index is -0.798. The van der Waals surface area contributed by atoms with Gasteiger partial charge in [-0.3, -0.25) is 9.59 Å². The minimum Gasteiger partial charge on any atom is -0.392 e. The van der Waals surface area contributed by atoms with Crippen LogP contribution in [0.15, 0.2) is 24.4 Å². The molecule has 0 spiro atoms. The smallest absolute Gasteiger partial charge is 0.229 e. The van der Waals surface area contributed by atoms with Crippen LogP contribution in [0.2, 0.25) is 0 Å². The number of aliphatic hydroxyl groups excluding tert-OH is 1. The molecule has 0 fully saturated rings. The van der Waals surface area contributed by atoms with Crippen molar-refractivity contribution in [1.82, 2.24) is 4.98 Å². The number of amides is 1. The number of thiol groups is 1. The van der Waals surface area contributed by atoms with Gasteiger partial charge in [0.15, 0.2) is 0 Å². The van der Waals surface area contributed by atoms with E-state index >= 15 is 0 Å². The molecule has 2 unspecified atom stereocenters. The van der Waals surface area contributed by atoms with Gasteiger partial charge in [0.1, 0.15) is 11.6 Å². The van der Waals surface area contributed by atoms with Crippen molar-refractivity contribution in [2.45, 2.75) is 53.6 Å². The Bertz CT molecular complexity index is 584. The number of carbonyl (C=O) groups excluding carboxylic acids is 2. The lowest BCUT2D eigenvalue weighted by molar-refractivity contribution is -0.133. The number of Topliss-reactive ketones (excluding diaryl/α,β-unsaturated/α-hetero) is 1. The van der Waals surface area contributed by atoms with Gasteiger partial charge in [0.2, 0.25) is 5.91 Å². The van der Waals surface area contributed by atoms with Crippen molar-refractivity contribution in [1.29, 1.82) is 0 Å². The molecule has 1 aromatic rings. The Morgan fingerprint density at radius 1 is 1.27 bits per heavy atom. The highest BCUT2D eigenvalue weighted by Crippen LogP contribution is 2.32. The molecule has 5 nitrogen and oxygen atoms in total.